The van der Waals surface area contributed by atoms with Crippen LogP contribution in [0.25, 0.3) is 0 Å². The van der Waals surface area contributed by atoms with E-state index in [-0.39, 0.29) is 0 Å². The number of ether oxygens (including phenoxy) is 3. The molecule has 0 saturated carbocycles. The highest BCUT2D eigenvalue weighted by Gasteiger charge is 2.31. The van der Waals surface area contributed by atoms with Crippen LogP contribution in [-0.2, 0) is 16.0 Å². The molecule has 1 amide bonds. The molecule has 2 atom stereocenters. The molecule has 1 heterocycles. The summed E-state index contributed by atoms with van der Waals surface area (Å²) >= 11 is 0. The van der Waals surface area contributed by atoms with Gasteiger partial charge in [0.25, 0.3) is 0 Å². The smallest absolute Gasteiger partial charge is 0.407 e. The number of hydrogen-bond acceptors (Lipinski definition) is 6. The van der Waals surface area contributed by atoms with Gasteiger partial charge < -0.3 is 29.6 Å². The summed E-state index contributed by atoms with van der Waals surface area (Å²) in [5, 5.41) is 5.87. The van der Waals surface area contributed by atoms with E-state index in [4.69, 9.17) is 14.2 Å². The van der Waals surface area contributed by atoms with Crippen LogP contribution in [-0.4, -0.2) is 44.3 Å². The Kier molecular flexibility index (Phi) is 5.21. The molecule has 1 aromatic carbocycles. The van der Waals surface area contributed by atoms with Gasteiger partial charge in [0.15, 0.2) is 11.5 Å². The van der Waals surface area contributed by atoms with Gasteiger partial charge in [-0.1, -0.05) is 0 Å². The predicted octanol–water partition coefficient (Wildman–Crippen LogP) is 2.13. The molecule has 24 heavy (non-hydrogen) atoms. The van der Waals surface area contributed by atoms with E-state index in [1.807, 2.05) is 6.07 Å². The molecule has 1 aromatic rings. The van der Waals surface area contributed by atoms with Crippen molar-refractivity contribution < 1.29 is 23.8 Å². The zero-order chi connectivity index (χ0) is 17.9. The van der Waals surface area contributed by atoms with E-state index in [0.717, 1.165) is 17.5 Å². The normalized spacial score (nSPS) is 19.5. The number of fused-ring (bicyclic) bond motifs is 1. The van der Waals surface area contributed by atoms with Gasteiger partial charge in [0.05, 0.1) is 20.3 Å². The first-order chi connectivity index (χ1) is 11.3. The summed E-state index contributed by atoms with van der Waals surface area (Å²) in [6.07, 6.45) is 0.706. The Labute approximate surface area is 141 Å². The lowest BCUT2D eigenvalue weighted by atomic mass is 9.93. The molecule has 0 spiro atoms. The van der Waals surface area contributed by atoms with Crippen molar-refractivity contribution in [1.82, 2.24) is 5.32 Å². The van der Waals surface area contributed by atoms with E-state index in [0.29, 0.717) is 17.9 Å². The summed E-state index contributed by atoms with van der Waals surface area (Å²) in [5.74, 6) is 1.17. The van der Waals surface area contributed by atoms with Crippen LogP contribution in [0.1, 0.15) is 26.3 Å². The van der Waals surface area contributed by atoms with E-state index in [1.54, 1.807) is 41.1 Å². The summed E-state index contributed by atoms with van der Waals surface area (Å²) in [6.45, 7) is 5.36. The van der Waals surface area contributed by atoms with Crippen molar-refractivity contribution in [3.8, 4) is 11.5 Å². The van der Waals surface area contributed by atoms with Crippen LogP contribution in [0.4, 0.5) is 10.5 Å². The highest BCUT2D eigenvalue weighted by atomic mass is 16.6. The monoisotopic (exact) mass is 336 g/mol. The molecule has 2 unspecified atom stereocenters. The van der Waals surface area contributed by atoms with Crippen LogP contribution in [0.2, 0.25) is 0 Å². The fourth-order valence-corrected chi connectivity index (χ4v) is 2.60. The maximum Gasteiger partial charge on any atom is 0.407 e. The quantitative estimate of drug-likeness (QED) is 0.819. The van der Waals surface area contributed by atoms with Crippen molar-refractivity contribution in [3.63, 3.8) is 0 Å². The number of carbonyl (C=O) groups is 2. The largest absolute Gasteiger partial charge is 0.493 e. The van der Waals surface area contributed by atoms with Crippen molar-refractivity contribution in [2.45, 2.75) is 44.9 Å². The second kappa shape index (κ2) is 6.98. The number of alkyl carbamates (subject to hydrolysis) is 1. The number of nitrogens with one attached hydrogen (secondary N) is 2. The number of methoxy groups -OCH3 is 2. The Morgan fingerprint density at radius 2 is 1.88 bits per heavy atom. The second-order valence-corrected chi connectivity index (χ2v) is 6.63. The summed E-state index contributed by atoms with van der Waals surface area (Å²) in [4.78, 5) is 23.4. The van der Waals surface area contributed by atoms with Crippen LogP contribution in [0, 0.1) is 0 Å². The first-order valence-corrected chi connectivity index (χ1v) is 7.73. The van der Waals surface area contributed by atoms with Gasteiger partial charge in [-0.3, -0.25) is 0 Å². The van der Waals surface area contributed by atoms with Gasteiger partial charge in [0.2, 0.25) is 0 Å². The number of amides is 1. The van der Waals surface area contributed by atoms with Crippen LogP contribution >= 0.6 is 0 Å². The van der Waals surface area contributed by atoms with Gasteiger partial charge in [-0.25, -0.2) is 4.79 Å². The lowest BCUT2D eigenvalue weighted by molar-refractivity contribution is -0.109. The molecule has 0 saturated heterocycles. The van der Waals surface area contributed by atoms with E-state index >= 15 is 0 Å². The van der Waals surface area contributed by atoms with Crippen LogP contribution < -0.4 is 20.1 Å². The van der Waals surface area contributed by atoms with Gasteiger partial charge in [0.1, 0.15) is 17.9 Å². The minimum absolute atomic E-state index is 0.414. The van der Waals surface area contributed by atoms with Crippen molar-refractivity contribution in [2.24, 2.45) is 0 Å². The molecule has 7 nitrogen and oxygen atoms in total. The van der Waals surface area contributed by atoms with Crippen molar-refractivity contribution >= 4 is 18.1 Å². The van der Waals surface area contributed by atoms with Gasteiger partial charge in [-0.15, -0.1) is 0 Å². The number of anilines is 1. The molecule has 1 aliphatic rings. The first kappa shape index (κ1) is 17.9. The molecule has 7 heteroatoms. The average molecular weight is 336 g/mol. The first-order valence-electron chi connectivity index (χ1n) is 7.73. The second-order valence-electron chi connectivity index (χ2n) is 6.63. The topological polar surface area (TPSA) is 85.9 Å². The van der Waals surface area contributed by atoms with Crippen LogP contribution in [0.3, 0.4) is 0 Å². The fourth-order valence-electron chi connectivity index (χ4n) is 2.60. The molecule has 2 N–H and O–H groups in total. The van der Waals surface area contributed by atoms with Crippen molar-refractivity contribution in [2.75, 3.05) is 19.5 Å². The molecule has 0 bridgehead atoms. The van der Waals surface area contributed by atoms with E-state index in [9.17, 15) is 9.59 Å². The highest BCUT2D eigenvalue weighted by molar-refractivity contribution is 5.75. The van der Waals surface area contributed by atoms with Gasteiger partial charge in [0, 0.05) is 11.8 Å². The number of hydrogen-bond donors (Lipinski definition) is 2. The molecule has 0 radical (unpaired) electrons. The van der Waals surface area contributed by atoms with Crippen LogP contribution in [0.15, 0.2) is 12.1 Å². The average Bonchev–Trinajstić information content (AvgIpc) is 2.50. The fraction of sp³-hybridized carbons (Fsp3) is 0.529. The lowest BCUT2D eigenvalue weighted by Gasteiger charge is -2.33. The Morgan fingerprint density at radius 3 is 2.42 bits per heavy atom. The standard InChI is InChI=1S/C17H24N2O5/c1-17(2,3)24-16(21)19-12-6-10-7-14(22-4)15(23-5)8-11(10)18-13(12)9-20/h7-9,12-13,18H,6H2,1-5H3,(H,19,21). The molecular weight excluding hydrogens is 312 g/mol. The Hall–Kier alpha value is -2.44. The highest BCUT2D eigenvalue weighted by Crippen LogP contribution is 2.36. The summed E-state index contributed by atoms with van der Waals surface area (Å²) in [6, 6.07) is 2.66. The Morgan fingerprint density at radius 1 is 1.25 bits per heavy atom. The summed E-state index contributed by atoms with van der Waals surface area (Å²) < 4.78 is 15.8. The van der Waals surface area contributed by atoms with E-state index in [2.05, 4.69) is 10.6 Å². The Balaban J connectivity index is 2.21. The third kappa shape index (κ3) is 4.10. The minimum atomic E-state index is -0.600. The van der Waals surface area contributed by atoms with Gasteiger partial charge in [-0.05, 0) is 38.8 Å². The van der Waals surface area contributed by atoms with Crippen LogP contribution in [0.5, 0.6) is 11.5 Å². The van der Waals surface area contributed by atoms with E-state index in [1.165, 1.54) is 0 Å². The molecule has 0 fully saturated rings. The predicted molar refractivity (Wildman–Crippen MR) is 89.9 cm³/mol. The third-order valence-electron chi connectivity index (χ3n) is 3.65. The molecule has 0 aliphatic carbocycles. The lowest BCUT2D eigenvalue weighted by Crippen LogP contribution is -2.52. The maximum atomic E-state index is 12.0. The number of aldehydes is 1. The maximum absolute atomic E-state index is 12.0. The molecular formula is C17H24N2O5. The van der Waals surface area contributed by atoms with Crippen molar-refractivity contribution in [1.29, 1.82) is 0 Å². The summed E-state index contributed by atoms with van der Waals surface area (Å²) in [7, 11) is 3.11. The third-order valence-corrected chi connectivity index (χ3v) is 3.65. The molecule has 0 aromatic heterocycles. The SMILES string of the molecule is COc1cc2c(cc1OC)NC(C=O)C(NC(=O)OC(C)(C)C)C2. The molecule has 2 rings (SSSR count). The van der Waals surface area contributed by atoms with Crippen molar-refractivity contribution in [3.05, 3.63) is 17.7 Å². The number of carbonyl (C=O) groups excluding carboxylic acids is 2. The zero-order valence-electron chi connectivity index (χ0n) is 14.6. The van der Waals surface area contributed by atoms with Gasteiger partial charge >= 0.3 is 6.09 Å². The number of benzene rings is 1. The molecule has 1 aliphatic heterocycles. The van der Waals surface area contributed by atoms with E-state index < -0.39 is 23.8 Å². The Bertz CT molecular complexity index is 624. The van der Waals surface area contributed by atoms with Gasteiger partial charge in [-0.2, -0.15) is 0 Å². The zero-order valence-corrected chi connectivity index (χ0v) is 14.6. The molecule has 132 valence electrons. The number of rotatable bonds is 4. The minimum Gasteiger partial charge on any atom is -0.493 e. The summed E-state index contributed by atoms with van der Waals surface area (Å²) in [5.41, 5.74) is 1.11.